The smallest absolute Gasteiger partial charge is 0.301 e. The number of ketones is 1. The Hall–Kier alpha value is -4.11. The van der Waals surface area contributed by atoms with Gasteiger partial charge < -0.3 is 10.2 Å². The topological polar surface area (TPSA) is 90.7 Å². The van der Waals surface area contributed by atoms with Crippen molar-refractivity contribution in [1.82, 2.24) is 4.98 Å². The van der Waals surface area contributed by atoms with Crippen LogP contribution >= 0.6 is 11.3 Å². The van der Waals surface area contributed by atoms with Crippen LogP contribution in [0.2, 0.25) is 0 Å². The minimum Gasteiger partial charge on any atom is -0.508 e. The molecule has 6 rings (SSSR count). The number of phenolic OH excluding ortho intramolecular Hbond substituents is 1. The Balaban J connectivity index is 1.54. The van der Waals surface area contributed by atoms with E-state index in [1.807, 2.05) is 12.1 Å². The van der Waals surface area contributed by atoms with Crippen molar-refractivity contribution in [2.45, 2.75) is 31.7 Å². The van der Waals surface area contributed by atoms with E-state index in [1.54, 1.807) is 18.2 Å². The van der Waals surface area contributed by atoms with Gasteiger partial charge in [0.25, 0.3) is 5.78 Å². The van der Waals surface area contributed by atoms with E-state index in [-0.39, 0.29) is 27.7 Å². The second-order valence-electron chi connectivity index (χ2n) is 9.18. The van der Waals surface area contributed by atoms with Crippen molar-refractivity contribution in [2.24, 2.45) is 0 Å². The molecule has 4 aromatic rings. The van der Waals surface area contributed by atoms with Crippen LogP contribution in [-0.2, 0) is 22.4 Å². The summed E-state index contributed by atoms with van der Waals surface area (Å²) in [6.07, 6.45) is 3.95. The summed E-state index contributed by atoms with van der Waals surface area (Å²) in [5, 5.41) is 21.3. The third kappa shape index (κ3) is 3.86. The number of nitrogens with zero attached hydrogens (tertiary/aromatic N) is 2. The number of hydrogen-bond donors (Lipinski definition) is 2. The van der Waals surface area contributed by atoms with Gasteiger partial charge in [-0.05, 0) is 66.6 Å². The zero-order valence-corrected chi connectivity index (χ0v) is 20.2. The minimum absolute atomic E-state index is 0.0127. The van der Waals surface area contributed by atoms with Crippen LogP contribution < -0.4 is 4.90 Å². The summed E-state index contributed by atoms with van der Waals surface area (Å²) in [4.78, 5) is 32.2. The van der Waals surface area contributed by atoms with Crippen LogP contribution in [0, 0.1) is 11.6 Å². The molecule has 1 aromatic heterocycles. The lowest BCUT2D eigenvalue weighted by molar-refractivity contribution is -0.132. The molecule has 1 fully saturated rings. The van der Waals surface area contributed by atoms with E-state index < -0.39 is 29.4 Å². The molecule has 1 amide bonds. The molecular weight excluding hydrogens is 498 g/mol. The van der Waals surface area contributed by atoms with E-state index in [4.69, 9.17) is 0 Å². The molecule has 1 saturated heterocycles. The van der Waals surface area contributed by atoms with E-state index in [2.05, 4.69) is 4.98 Å². The fraction of sp³-hybridized carbons (Fsp3) is 0.179. The van der Waals surface area contributed by atoms with Gasteiger partial charge in [-0.3, -0.25) is 14.5 Å². The zero-order chi connectivity index (χ0) is 25.8. The average molecular weight is 519 g/mol. The number of hydrogen-bond acceptors (Lipinski definition) is 6. The Kier molecular flexibility index (Phi) is 5.52. The molecule has 9 heteroatoms. The van der Waals surface area contributed by atoms with Crippen molar-refractivity contribution in [2.75, 3.05) is 4.90 Å². The van der Waals surface area contributed by atoms with Gasteiger partial charge in [0.15, 0.2) is 16.8 Å². The van der Waals surface area contributed by atoms with E-state index in [1.165, 1.54) is 17.7 Å². The number of benzene rings is 3. The summed E-state index contributed by atoms with van der Waals surface area (Å²) in [6, 6.07) is 12.3. The number of Topliss-reactive ketones (excluding diaryl/α,β-unsaturated/α-hetero) is 1. The molecule has 2 heterocycles. The van der Waals surface area contributed by atoms with Crippen LogP contribution in [0.25, 0.3) is 16.0 Å². The average Bonchev–Trinajstić information content (AvgIpc) is 3.41. The fourth-order valence-electron chi connectivity index (χ4n) is 5.05. The second kappa shape index (κ2) is 8.77. The molecule has 0 spiro atoms. The highest BCUT2D eigenvalue weighted by molar-refractivity contribution is 7.22. The summed E-state index contributed by atoms with van der Waals surface area (Å²) in [5.74, 6) is -4.27. The first-order chi connectivity index (χ1) is 17.8. The van der Waals surface area contributed by atoms with E-state index >= 15 is 0 Å². The van der Waals surface area contributed by atoms with E-state index in [0.29, 0.717) is 15.8 Å². The zero-order valence-electron chi connectivity index (χ0n) is 19.4. The van der Waals surface area contributed by atoms with Gasteiger partial charge in [0.2, 0.25) is 0 Å². The summed E-state index contributed by atoms with van der Waals surface area (Å²) < 4.78 is 28.0. The number of anilines is 1. The van der Waals surface area contributed by atoms with Crippen LogP contribution in [0.3, 0.4) is 0 Å². The molecule has 1 atom stereocenters. The van der Waals surface area contributed by atoms with Crippen molar-refractivity contribution in [3.05, 3.63) is 94.1 Å². The standard InChI is InChI=1S/C28H20F2N2O4S/c29-19-12-21-22(13-20(19)30)37-28(31-21)32-24(15-7-9-18(33)10-8-15)23(26(35)27(32)36)25(34)17-6-5-14-3-1-2-4-16(14)11-17/h5-13,24,33-34H,1-4H2/b25-23+. The summed E-state index contributed by atoms with van der Waals surface area (Å²) in [5.41, 5.74) is 3.19. The number of amides is 1. The normalized spacial score (nSPS) is 19.0. The van der Waals surface area contributed by atoms with Gasteiger partial charge >= 0.3 is 5.91 Å². The Bertz CT molecular complexity index is 1590. The number of halogens is 2. The molecule has 1 aliphatic heterocycles. The van der Waals surface area contributed by atoms with Crippen LogP contribution in [0.1, 0.15) is 41.1 Å². The number of thiazole rings is 1. The predicted octanol–water partition coefficient (Wildman–Crippen LogP) is 5.79. The molecule has 1 aliphatic carbocycles. The van der Waals surface area contributed by atoms with Crippen LogP contribution in [0.5, 0.6) is 5.75 Å². The van der Waals surface area contributed by atoms with Crippen molar-refractivity contribution in [3.63, 3.8) is 0 Å². The Morgan fingerprint density at radius 2 is 1.65 bits per heavy atom. The number of aliphatic hydroxyl groups excluding tert-OH is 1. The van der Waals surface area contributed by atoms with Crippen LogP contribution in [0.15, 0.2) is 60.2 Å². The second-order valence-corrected chi connectivity index (χ2v) is 10.2. The lowest BCUT2D eigenvalue weighted by Gasteiger charge is -2.23. The molecule has 2 N–H and O–H groups in total. The van der Waals surface area contributed by atoms with Gasteiger partial charge in [-0.2, -0.15) is 0 Å². The molecule has 3 aromatic carbocycles. The Morgan fingerprint density at radius 1 is 0.946 bits per heavy atom. The molecule has 0 saturated carbocycles. The highest BCUT2D eigenvalue weighted by atomic mass is 32.1. The van der Waals surface area contributed by atoms with Gasteiger partial charge in [0.05, 0.1) is 21.8 Å². The molecular formula is C28H20F2N2O4S. The van der Waals surface area contributed by atoms with E-state index in [0.717, 1.165) is 59.6 Å². The first kappa shape index (κ1) is 23.3. The fourth-order valence-corrected chi connectivity index (χ4v) is 6.05. The number of carbonyl (C=O) groups is 2. The summed E-state index contributed by atoms with van der Waals surface area (Å²) >= 11 is 0.934. The maximum atomic E-state index is 13.8. The van der Waals surface area contributed by atoms with Gasteiger partial charge in [-0.1, -0.05) is 35.6 Å². The Morgan fingerprint density at radius 3 is 2.41 bits per heavy atom. The van der Waals surface area contributed by atoms with Crippen LogP contribution in [-0.4, -0.2) is 26.9 Å². The minimum atomic E-state index is -1.08. The number of aliphatic hydroxyl groups is 1. The number of carbonyl (C=O) groups excluding carboxylic acids is 2. The maximum absolute atomic E-state index is 13.8. The molecule has 37 heavy (non-hydrogen) atoms. The number of rotatable bonds is 3. The largest absolute Gasteiger partial charge is 0.508 e. The first-order valence-electron chi connectivity index (χ1n) is 11.8. The first-order valence-corrected chi connectivity index (χ1v) is 12.6. The number of aromatic nitrogens is 1. The molecule has 0 radical (unpaired) electrons. The predicted molar refractivity (Wildman–Crippen MR) is 136 cm³/mol. The third-order valence-corrected chi connectivity index (χ3v) is 7.92. The monoisotopic (exact) mass is 518 g/mol. The molecule has 6 nitrogen and oxygen atoms in total. The van der Waals surface area contributed by atoms with Gasteiger partial charge in [0.1, 0.15) is 11.5 Å². The highest BCUT2D eigenvalue weighted by Crippen LogP contribution is 2.45. The van der Waals surface area contributed by atoms with Gasteiger partial charge in [0, 0.05) is 11.6 Å². The molecule has 0 bridgehead atoms. The molecule has 1 unspecified atom stereocenters. The van der Waals surface area contributed by atoms with E-state index in [9.17, 15) is 28.6 Å². The van der Waals surface area contributed by atoms with Crippen molar-refractivity contribution in [1.29, 1.82) is 0 Å². The van der Waals surface area contributed by atoms with Crippen molar-refractivity contribution >= 4 is 44.1 Å². The maximum Gasteiger partial charge on any atom is 0.301 e. The van der Waals surface area contributed by atoms with Crippen LogP contribution in [0.4, 0.5) is 13.9 Å². The molecule has 186 valence electrons. The van der Waals surface area contributed by atoms with Crippen molar-refractivity contribution in [3.8, 4) is 5.75 Å². The quantitative estimate of drug-likeness (QED) is 0.204. The number of fused-ring (bicyclic) bond motifs is 2. The lowest BCUT2D eigenvalue weighted by Crippen LogP contribution is -2.29. The third-order valence-electron chi connectivity index (χ3n) is 6.90. The summed E-state index contributed by atoms with van der Waals surface area (Å²) in [7, 11) is 0. The van der Waals surface area contributed by atoms with Crippen molar-refractivity contribution < 1.29 is 28.6 Å². The SMILES string of the molecule is O=C1C(=O)N(c2nc3cc(F)c(F)cc3s2)C(c2ccc(O)cc2)/C1=C(\O)c1ccc2c(c1)CCCC2. The lowest BCUT2D eigenvalue weighted by atomic mass is 9.89. The highest BCUT2D eigenvalue weighted by Gasteiger charge is 2.48. The molecule has 2 aliphatic rings. The van der Waals surface area contributed by atoms with Gasteiger partial charge in [-0.25, -0.2) is 13.8 Å². The van der Waals surface area contributed by atoms with Gasteiger partial charge in [-0.15, -0.1) is 0 Å². The number of aryl methyl sites for hydroxylation is 2. The summed E-state index contributed by atoms with van der Waals surface area (Å²) in [6.45, 7) is 0. The Labute approximate surface area is 214 Å². The number of phenols is 1. The number of aromatic hydroxyl groups is 1.